The van der Waals surface area contributed by atoms with Crippen LogP contribution in [-0.2, 0) is 13.1 Å². The molecule has 3 aromatic rings. The van der Waals surface area contributed by atoms with Crippen molar-refractivity contribution in [2.24, 2.45) is 0 Å². The molecule has 0 spiro atoms. The largest absolute Gasteiger partial charge is 0.497 e. The molecule has 0 fully saturated rings. The Morgan fingerprint density at radius 1 is 0.679 bits per heavy atom. The lowest BCUT2D eigenvalue weighted by atomic mass is 10.1. The molecule has 0 bridgehead atoms. The summed E-state index contributed by atoms with van der Waals surface area (Å²) >= 11 is 1.79. The Kier molecular flexibility index (Phi) is 7.01. The van der Waals surface area contributed by atoms with E-state index in [0.717, 1.165) is 24.6 Å². The molecular formula is C24H27NO2S. The molecule has 3 nitrogen and oxygen atoms in total. The third-order valence-electron chi connectivity index (χ3n) is 4.75. The Morgan fingerprint density at radius 3 is 1.61 bits per heavy atom. The van der Waals surface area contributed by atoms with Crippen LogP contribution >= 0.6 is 11.9 Å². The Bertz CT molecular complexity index is 842. The molecule has 0 aliphatic carbocycles. The molecule has 28 heavy (non-hydrogen) atoms. The second-order valence-corrected chi connectivity index (χ2v) is 8.00. The van der Waals surface area contributed by atoms with Gasteiger partial charge in [-0.1, -0.05) is 30.3 Å². The van der Waals surface area contributed by atoms with Crippen LogP contribution < -0.4 is 9.47 Å². The monoisotopic (exact) mass is 393 g/mol. The highest BCUT2D eigenvalue weighted by Gasteiger charge is 2.11. The number of hydrogen-bond acceptors (Lipinski definition) is 4. The van der Waals surface area contributed by atoms with Gasteiger partial charge in [0.1, 0.15) is 11.5 Å². The van der Waals surface area contributed by atoms with E-state index >= 15 is 0 Å². The van der Waals surface area contributed by atoms with E-state index in [1.807, 2.05) is 24.3 Å². The van der Waals surface area contributed by atoms with E-state index in [9.17, 15) is 0 Å². The number of hydrogen-bond donors (Lipinski definition) is 0. The van der Waals surface area contributed by atoms with E-state index < -0.39 is 0 Å². The third kappa shape index (κ3) is 5.54. The fourth-order valence-electron chi connectivity index (χ4n) is 2.91. The molecule has 0 aromatic heterocycles. The van der Waals surface area contributed by atoms with Crippen LogP contribution in [0.4, 0.5) is 0 Å². The minimum Gasteiger partial charge on any atom is -0.497 e. The van der Waals surface area contributed by atoms with Gasteiger partial charge in [0, 0.05) is 18.0 Å². The number of methoxy groups -OCH3 is 2. The number of rotatable bonds is 8. The van der Waals surface area contributed by atoms with Gasteiger partial charge in [0.15, 0.2) is 0 Å². The van der Waals surface area contributed by atoms with Crippen molar-refractivity contribution in [2.45, 2.75) is 31.8 Å². The summed E-state index contributed by atoms with van der Waals surface area (Å²) in [7, 11) is 3.39. The molecule has 0 aliphatic heterocycles. The third-order valence-corrected chi connectivity index (χ3v) is 5.73. The zero-order valence-corrected chi connectivity index (χ0v) is 17.8. The second-order valence-electron chi connectivity index (χ2n) is 6.83. The number of benzene rings is 3. The standard InChI is InChI=1S/C24H27NO2S/c1-18-5-14-24(15-19(18)2)28-25(16-20-6-10-22(26-3)11-7-20)17-21-8-12-23(27-4)13-9-21/h5-15H,16-17H2,1-4H3. The van der Waals surface area contributed by atoms with E-state index in [1.165, 1.54) is 27.1 Å². The van der Waals surface area contributed by atoms with E-state index in [0.29, 0.717) is 0 Å². The summed E-state index contributed by atoms with van der Waals surface area (Å²) in [5.74, 6) is 1.76. The first-order chi connectivity index (χ1) is 13.6. The van der Waals surface area contributed by atoms with Gasteiger partial charge in [-0.2, -0.15) is 0 Å². The SMILES string of the molecule is COc1ccc(CN(Cc2ccc(OC)cc2)Sc2ccc(C)c(C)c2)cc1. The molecule has 0 N–H and O–H groups in total. The fraction of sp³-hybridized carbons (Fsp3) is 0.250. The predicted octanol–water partition coefficient (Wildman–Crippen LogP) is 6.03. The Morgan fingerprint density at radius 2 is 1.18 bits per heavy atom. The highest BCUT2D eigenvalue weighted by Crippen LogP contribution is 2.29. The summed E-state index contributed by atoms with van der Waals surface area (Å²) < 4.78 is 12.9. The zero-order valence-electron chi connectivity index (χ0n) is 16.9. The molecule has 0 saturated carbocycles. The topological polar surface area (TPSA) is 21.7 Å². The summed E-state index contributed by atoms with van der Waals surface area (Å²) in [5, 5.41) is 0. The Balaban J connectivity index is 1.79. The van der Waals surface area contributed by atoms with Crippen molar-refractivity contribution in [1.82, 2.24) is 4.31 Å². The minimum atomic E-state index is 0.841. The molecule has 0 heterocycles. The summed E-state index contributed by atoms with van der Waals surface area (Å²) in [6.45, 7) is 5.99. The lowest BCUT2D eigenvalue weighted by Gasteiger charge is -2.22. The maximum Gasteiger partial charge on any atom is 0.118 e. The van der Waals surface area contributed by atoms with E-state index in [-0.39, 0.29) is 0 Å². The Hall–Kier alpha value is -2.43. The first-order valence-corrected chi connectivity index (χ1v) is 10.1. The summed E-state index contributed by atoms with van der Waals surface area (Å²) in [5.41, 5.74) is 5.15. The van der Waals surface area contributed by atoms with Crippen molar-refractivity contribution in [2.75, 3.05) is 14.2 Å². The van der Waals surface area contributed by atoms with Crippen LogP contribution in [0.1, 0.15) is 22.3 Å². The molecule has 3 aromatic carbocycles. The maximum absolute atomic E-state index is 5.28. The summed E-state index contributed by atoms with van der Waals surface area (Å²) in [6, 6.07) is 23.2. The second kappa shape index (κ2) is 9.67. The van der Waals surface area contributed by atoms with Crippen LogP contribution in [0.2, 0.25) is 0 Å². The van der Waals surface area contributed by atoms with Crippen LogP contribution in [0, 0.1) is 13.8 Å². The van der Waals surface area contributed by atoms with Crippen LogP contribution in [0.25, 0.3) is 0 Å². The molecule has 0 radical (unpaired) electrons. The van der Waals surface area contributed by atoms with Crippen LogP contribution in [0.3, 0.4) is 0 Å². The maximum atomic E-state index is 5.28. The average Bonchev–Trinajstić information content (AvgIpc) is 2.72. The molecule has 0 atom stereocenters. The Labute approximate surface area is 172 Å². The molecule has 0 saturated heterocycles. The van der Waals surface area contributed by atoms with Crippen LogP contribution in [0.15, 0.2) is 71.6 Å². The van der Waals surface area contributed by atoms with Crippen LogP contribution in [0.5, 0.6) is 11.5 Å². The zero-order chi connectivity index (χ0) is 19.9. The molecule has 146 valence electrons. The fourth-order valence-corrected chi connectivity index (χ4v) is 3.99. The van der Waals surface area contributed by atoms with Gasteiger partial charge in [0.2, 0.25) is 0 Å². The van der Waals surface area contributed by atoms with Gasteiger partial charge in [-0.15, -0.1) is 0 Å². The number of ether oxygens (including phenoxy) is 2. The highest BCUT2D eigenvalue weighted by molar-refractivity contribution is 7.97. The van der Waals surface area contributed by atoms with Gasteiger partial charge in [0.05, 0.1) is 14.2 Å². The first-order valence-electron chi connectivity index (χ1n) is 9.33. The smallest absolute Gasteiger partial charge is 0.118 e. The van der Waals surface area contributed by atoms with Crippen molar-refractivity contribution in [3.63, 3.8) is 0 Å². The van der Waals surface area contributed by atoms with E-state index in [2.05, 4.69) is 60.6 Å². The van der Waals surface area contributed by atoms with Gasteiger partial charge in [0.25, 0.3) is 0 Å². The number of nitrogens with zero attached hydrogens (tertiary/aromatic N) is 1. The van der Waals surface area contributed by atoms with Crippen molar-refractivity contribution in [1.29, 1.82) is 0 Å². The first kappa shape index (κ1) is 20.3. The van der Waals surface area contributed by atoms with Gasteiger partial charge >= 0.3 is 0 Å². The molecular weight excluding hydrogens is 366 g/mol. The molecule has 4 heteroatoms. The number of aryl methyl sites for hydroxylation is 2. The van der Waals surface area contributed by atoms with Crippen molar-refractivity contribution in [3.8, 4) is 11.5 Å². The lowest BCUT2D eigenvalue weighted by molar-refractivity contribution is 0.413. The van der Waals surface area contributed by atoms with E-state index in [4.69, 9.17) is 9.47 Å². The summed E-state index contributed by atoms with van der Waals surface area (Å²) in [6.07, 6.45) is 0. The van der Waals surface area contributed by atoms with Crippen LogP contribution in [-0.4, -0.2) is 18.5 Å². The molecule has 3 rings (SSSR count). The minimum absolute atomic E-state index is 0.841. The molecule has 0 amide bonds. The van der Waals surface area contributed by atoms with Crippen molar-refractivity contribution >= 4 is 11.9 Å². The lowest BCUT2D eigenvalue weighted by Crippen LogP contribution is -2.15. The van der Waals surface area contributed by atoms with Gasteiger partial charge in [-0.3, -0.25) is 0 Å². The average molecular weight is 394 g/mol. The predicted molar refractivity (Wildman–Crippen MR) is 117 cm³/mol. The molecule has 0 aliphatic rings. The molecule has 0 unspecified atom stereocenters. The van der Waals surface area contributed by atoms with Gasteiger partial charge in [-0.25, -0.2) is 4.31 Å². The van der Waals surface area contributed by atoms with E-state index in [1.54, 1.807) is 26.2 Å². The van der Waals surface area contributed by atoms with Gasteiger partial charge < -0.3 is 9.47 Å². The highest BCUT2D eigenvalue weighted by atomic mass is 32.2. The summed E-state index contributed by atoms with van der Waals surface area (Å²) in [4.78, 5) is 1.25. The van der Waals surface area contributed by atoms with Crippen molar-refractivity contribution in [3.05, 3.63) is 89.0 Å². The van der Waals surface area contributed by atoms with Crippen molar-refractivity contribution < 1.29 is 9.47 Å². The quantitative estimate of drug-likeness (QED) is 0.436. The normalized spacial score (nSPS) is 10.9. The van der Waals surface area contributed by atoms with Gasteiger partial charge in [-0.05, 0) is 84.4 Å².